The molecule has 0 radical (unpaired) electrons. The molecule has 0 aromatic carbocycles. The third-order valence-corrected chi connectivity index (χ3v) is 4.34. The van der Waals surface area contributed by atoms with E-state index in [0.717, 1.165) is 18.4 Å². The van der Waals surface area contributed by atoms with Crippen molar-refractivity contribution in [2.24, 2.45) is 17.3 Å². The summed E-state index contributed by atoms with van der Waals surface area (Å²) >= 11 is 0. The zero-order valence-corrected chi connectivity index (χ0v) is 14.1. The average Bonchev–Trinajstić information content (AvgIpc) is 2.25. The summed E-state index contributed by atoms with van der Waals surface area (Å²) in [6, 6.07) is 0.593. The van der Waals surface area contributed by atoms with Gasteiger partial charge in [0.15, 0.2) is 0 Å². The maximum Gasteiger partial charge on any atom is 0.00477 e. The normalized spacial score (nSPS) is 28.6. The lowest BCUT2D eigenvalue weighted by Crippen LogP contribution is -2.48. The minimum absolute atomic E-state index is 0.426. The van der Waals surface area contributed by atoms with E-state index in [1.54, 1.807) is 0 Å². The Balaban J connectivity index is 2.55. The standard InChI is InChI=1S/C17H36N2/c1-7-8-17(6,12-18-14(2)3)13-19-10-15(4)9-16(5)11-19/h14-16,18H,7-13H2,1-6H3. The third kappa shape index (κ3) is 6.27. The lowest BCUT2D eigenvalue weighted by atomic mass is 9.82. The quantitative estimate of drug-likeness (QED) is 0.756. The molecule has 19 heavy (non-hydrogen) atoms. The van der Waals surface area contributed by atoms with Crippen LogP contribution >= 0.6 is 0 Å². The number of hydrogen-bond donors (Lipinski definition) is 1. The molecule has 1 heterocycles. The first kappa shape index (κ1) is 17.0. The number of piperidine rings is 1. The van der Waals surface area contributed by atoms with Gasteiger partial charge < -0.3 is 10.2 Å². The SMILES string of the molecule is CCCC(C)(CNC(C)C)CN1CC(C)CC(C)C1. The molecule has 1 rings (SSSR count). The van der Waals surface area contributed by atoms with Crippen LogP contribution in [-0.4, -0.2) is 37.1 Å². The van der Waals surface area contributed by atoms with Gasteiger partial charge in [0.2, 0.25) is 0 Å². The molecule has 0 amide bonds. The van der Waals surface area contributed by atoms with Crippen LogP contribution in [0.5, 0.6) is 0 Å². The topological polar surface area (TPSA) is 15.3 Å². The van der Waals surface area contributed by atoms with E-state index in [-0.39, 0.29) is 0 Å². The molecule has 3 unspecified atom stereocenters. The second kappa shape index (κ2) is 7.64. The van der Waals surface area contributed by atoms with Crippen molar-refractivity contribution in [3.63, 3.8) is 0 Å². The van der Waals surface area contributed by atoms with Crippen molar-refractivity contribution < 1.29 is 0 Å². The Kier molecular flexibility index (Phi) is 6.82. The average molecular weight is 268 g/mol. The van der Waals surface area contributed by atoms with E-state index >= 15 is 0 Å². The molecule has 0 saturated carbocycles. The lowest BCUT2D eigenvalue weighted by Gasteiger charge is -2.41. The molecule has 0 aromatic heterocycles. The molecule has 114 valence electrons. The van der Waals surface area contributed by atoms with Crippen molar-refractivity contribution in [3.05, 3.63) is 0 Å². The largest absolute Gasteiger partial charge is 0.314 e. The molecule has 3 atom stereocenters. The third-order valence-electron chi connectivity index (χ3n) is 4.34. The summed E-state index contributed by atoms with van der Waals surface area (Å²) in [4.78, 5) is 2.72. The van der Waals surface area contributed by atoms with Crippen molar-refractivity contribution in [2.75, 3.05) is 26.2 Å². The van der Waals surface area contributed by atoms with Gasteiger partial charge in [-0.1, -0.05) is 48.0 Å². The zero-order chi connectivity index (χ0) is 14.5. The van der Waals surface area contributed by atoms with E-state index in [4.69, 9.17) is 0 Å². The summed E-state index contributed by atoms with van der Waals surface area (Å²) in [6.07, 6.45) is 4.02. The van der Waals surface area contributed by atoms with Crippen LogP contribution < -0.4 is 5.32 Å². The number of nitrogens with zero attached hydrogens (tertiary/aromatic N) is 1. The van der Waals surface area contributed by atoms with Crippen molar-refractivity contribution in [1.29, 1.82) is 0 Å². The molecule has 1 aliphatic heterocycles. The molecule has 2 heteroatoms. The monoisotopic (exact) mass is 268 g/mol. The van der Waals surface area contributed by atoms with Crippen molar-refractivity contribution in [3.8, 4) is 0 Å². The van der Waals surface area contributed by atoms with Crippen LogP contribution in [0, 0.1) is 17.3 Å². The Hall–Kier alpha value is -0.0800. The number of rotatable bonds is 7. The summed E-state index contributed by atoms with van der Waals surface area (Å²) in [5.41, 5.74) is 0.426. The first-order valence-corrected chi connectivity index (χ1v) is 8.30. The van der Waals surface area contributed by atoms with Gasteiger partial charge in [0.05, 0.1) is 0 Å². The first-order valence-electron chi connectivity index (χ1n) is 8.30. The molecule has 1 N–H and O–H groups in total. The second-order valence-corrected chi connectivity index (χ2v) is 7.74. The first-order chi connectivity index (χ1) is 8.84. The van der Waals surface area contributed by atoms with Crippen molar-refractivity contribution in [2.45, 2.75) is 66.8 Å². The highest BCUT2D eigenvalue weighted by molar-refractivity contribution is 4.84. The highest BCUT2D eigenvalue weighted by Gasteiger charge is 2.30. The maximum absolute atomic E-state index is 3.66. The Labute approximate surface area is 121 Å². The minimum Gasteiger partial charge on any atom is -0.314 e. The predicted octanol–water partition coefficient (Wildman–Crippen LogP) is 3.77. The zero-order valence-electron chi connectivity index (χ0n) is 14.1. The van der Waals surface area contributed by atoms with Crippen LogP contribution in [0.2, 0.25) is 0 Å². The van der Waals surface area contributed by atoms with E-state index in [9.17, 15) is 0 Å². The Morgan fingerprint density at radius 1 is 1.21 bits per heavy atom. The molecule has 1 fully saturated rings. The highest BCUT2D eigenvalue weighted by atomic mass is 15.1. The van der Waals surface area contributed by atoms with E-state index in [1.807, 2.05) is 0 Å². The molecular weight excluding hydrogens is 232 g/mol. The van der Waals surface area contributed by atoms with Crippen LogP contribution in [0.4, 0.5) is 0 Å². The smallest absolute Gasteiger partial charge is 0.00477 e. The summed E-state index contributed by atoms with van der Waals surface area (Å²) in [7, 11) is 0. The summed E-state index contributed by atoms with van der Waals surface area (Å²) < 4.78 is 0. The fourth-order valence-corrected chi connectivity index (χ4v) is 3.74. The van der Waals surface area contributed by atoms with Crippen LogP contribution in [-0.2, 0) is 0 Å². The van der Waals surface area contributed by atoms with E-state index in [2.05, 4.69) is 51.8 Å². The van der Waals surface area contributed by atoms with Gasteiger partial charge in [0, 0.05) is 32.2 Å². The van der Waals surface area contributed by atoms with Gasteiger partial charge in [0.1, 0.15) is 0 Å². The predicted molar refractivity (Wildman–Crippen MR) is 85.5 cm³/mol. The molecule has 1 saturated heterocycles. The Bertz CT molecular complexity index is 242. The molecule has 0 aromatic rings. The second-order valence-electron chi connectivity index (χ2n) is 7.74. The van der Waals surface area contributed by atoms with Crippen molar-refractivity contribution >= 4 is 0 Å². The Morgan fingerprint density at radius 2 is 1.79 bits per heavy atom. The molecular formula is C17H36N2. The fraction of sp³-hybridized carbons (Fsp3) is 1.00. The van der Waals surface area contributed by atoms with E-state index < -0.39 is 0 Å². The van der Waals surface area contributed by atoms with Gasteiger partial charge >= 0.3 is 0 Å². The van der Waals surface area contributed by atoms with Gasteiger partial charge in [-0.25, -0.2) is 0 Å². The number of likely N-dealkylation sites (tertiary alicyclic amines) is 1. The molecule has 2 nitrogen and oxygen atoms in total. The van der Waals surface area contributed by atoms with Gasteiger partial charge in [0.25, 0.3) is 0 Å². The maximum atomic E-state index is 3.66. The molecule has 0 aliphatic carbocycles. The molecule has 1 aliphatic rings. The van der Waals surface area contributed by atoms with Crippen molar-refractivity contribution in [1.82, 2.24) is 10.2 Å². The number of nitrogens with one attached hydrogen (secondary N) is 1. The summed E-state index contributed by atoms with van der Waals surface area (Å²) in [5.74, 6) is 1.74. The van der Waals surface area contributed by atoms with Crippen LogP contribution in [0.1, 0.15) is 60.8 Å². The summed E-state index contributed by atoms with van der Waals surface area (Å²) in [5, 5.41) is 3.66. The number of hydrogen-bond acceptors (Lipinski definition) is 2. The van der Waals surface area contributed by atoms with Crippen LogP contribution in [0.3, 0.4) is 0 Å². The van der Waals surface area contributed by atoms with Gasteiger partial charge in [-0.3, -0.25) is 0 Å². The summed E-state index contributed by atoms with van der Waals surface area (Å²) in [6.45, 7) is 19.1. The fourth-order valence-electron chi connectivity index (χ4n) is 3.74. The van der Waals surface area contributed by atoms with E-state index in [1.165, 1.54) is 38.9 Å². The van der Waals surface area contributed by atoms with Gasteiger partial charge in [-0.2, -0.15) is 0 Å². The van der Waals surface area contributed by atoms with Crippen LogP contribution in [0.15, 0.2) is 0 Å². The lowest BCUT2D eigenvalue weighted by molar-refractivity contribution is 0.0830. The van der Waals surface area contributed by atoms with E-state index in [0.29, 0.717) is 11.5 Å². The molecule has 0 bridgehead atoms. The Morgan fingerprint density at radius 3 is 2.26 bits per heavy atom. The van der Waals surface area contributed by atoms with Crippen LogP contribution in [0.25, 0.3) is 0 Å². The highest BCUT2D eigenvalue weighted by Crippen LogP contribution is 2.28. The van der Waals surface area contributed by atoms with Gasteiger partial charge in [-0.05, 0) is 30.1 Å². The molecule has 0 spiro atoms. The van der Waals surface area contributed by atoms with Gasteiger partial charge in [-0.15, -0.1) is 0 Å². The minimum atomic E-state index is 0.426.